The molecule has 0 bridgehead atoms. The van der Waals surface area contributed by atoms with Crippen LogP contribution in [0.5, 0.6) is 0 Å². The van der Waals surface area contributed by atoms with Gasteiger partial charge in [-0.1, -0.05) is 6.92 Å². The maximum absolute atomic E-state index is 5.55. The van der Waals surface area contributed by atoms with Gasteiger partial charge in [0.05, 0.1) is 0 Å². The van der Waals surface area contributed by atoms with Crippen molar-refractivity contribution in [3.05, 3.63) is 17.2 Å². The van der Waals surface area contributed by atoms with Crippen molar-refractivity contribution in [2.45, 2.75) is 48.4 Å². The SMILES string of the molecule is CCc1nsc(Sc2nc(C3CC3)nc(NN)c2C)n1. The first-order chi connectivity index (χ1) is 9.71. The van der Waals surface area contributed by atoms with E-state index in [9.17, 15) is 0 Å². The lowest BCUT2D eigenvalue weighted by Gasteiger charge is -2.10. The first-order valence-corrected chi connectivity index (χ1v) is 8.15. The number of nitrogens with zero attached hydrogens (tertiary/aromatic N) is 4. The number of hydrogen-bond acceptors (Lipinski definition) is 8. The lowest BCUT2D eigenvalue weighted by atomic mass is 10.3. The zero-order valence-corrected chi connectivity index (χ0v) is 13.0. The van der Waals surface area contributed by atoms with E-state index in [2.05, 4.69) is 24.8 Å². The summed E-state index contributed by atoms with van der Waals surface area (Å²) in [4.78, 5) is 13.6. The van der Waals surface area contributed by atoms with Crippen molar-refractivity contribution in [2.24, 2.45) is 5.84 Å². The molecule has 20 heavy (non-hydrogen) atoms. The first kappa shape index (κ1) is 13.7. The van der Waals surface area contributed by atoms with Crippen molar-refractivity contribution < 1.29 is 0 Å². The van der Waals surface area contributed by atoms with Crippen LogP contribution in [0.1, 0.15) is 42.9 Å². The second kappa shape index (κ2) is 5.63. The number of nitrogens with one attached hydrogen (secondary N) is 1. The summed E-state index contributed by atoms with van der Waals surface area (Å²) in [6.07, 6.45) is 3.18. The first-order valence-electron chi connectivity index (χ1n) is 6.56. The highest BCUT2D eigenvalue weighted by atomic mass is 32.2. The van der Waals surface area contributed by atoms with Crippen LogP contribution < -0.4 is 11.3 Å². The third-order valence-corrected chi connectivity index (χ3v) is 5.03. The lowest BCUT2D eigenvalue weighted by molar-refractivity contribution is 0.861. The third-order valence-electron chi connectivity index (χ3n) is 3.15. The molecule has 1 saturated carbocycles. The zero-order valence-electron chi connectivity index (χ0n) is 11.4. The normalized spacial score (nSPS) is 14.6. The van der Waals surface area contributed by atoms with E-state index < -0.39 is 0 Å². The van der Waals surface area contributed by atoms with E-state index >= 15 is 0 Å². The highest BCUT2D eigenvalue weighted by molar-refractivity contribution is 8.00. The van der Waals surface area contributed by atoms with Crippen LogP contribution in [0, 0.1) is 6.92 Å². The van der Waals surface area contributed by atoms with Gasteiger partial charge in [0.25, 0.3) is 0 Å². The quantitative estimate of drug-likeness (QED) is 0.498. The molecule has 2 heterocycles. The molecule has 8 heteroatoms. The fourth-order valence-corrected chi connectivity index (χ4v) is 3.48. The van der Waals surface area contributed by atoms with Crippen LogP contribution in [0.2, 0.25) is 0 Å². The Morgan fingerprint density at radius 2 is 2.15 bits per heavy atom. The van der Waals surface area contributed by atoms with Crippen LogP contribution in [0.25, 0.3) is 0 Å². The van der Waals surface area contributed by atoms with Crippen molar-refractivity contribution in [3.8, 4) is 0 Å². The molecule has 0 unspecified atom stereocenters. The maximum atomic E-state index is 5.55. The fraction of sp³-hybridized carbons (Fsp3) is 0.500. The van der Waals surface area contributed by atoms with Crippen LogP contribution in [0.15, 0.2) is 9.37 Å². The van der Waals surface area contributed by atoms with Gasteiger partial charge in [-0.25, -0.2) is 20.8 Å². The topological polar surface area (TPSA) is 89.6 Å². The van der Waals surface area contributed by atoms with E-state index in [1.165, 1.54) is 23.3 Å². The molecular formula is C12H16N6S2. The summed E-state index contributed by atoms with van der Waals surface area (Å²) in [6, 6.07) is 0. The predicted octanol–water partition coefficient (Wildman–Crippen LogP) is 2.51. The lowest BCUT2D eigenvalue weighted by Crippen LogP contribution is -2.13. The van der Waals surface area contributed by atoms with Crippen LogP contribution in [-0.2, 0) is 6.42 Å². The minimum absolute atomic E-state index is 0.489. The van der Waals surface area contributed by atoms with Gasteiger partial charge in [-0.05, 0) is 43.1 Å². The number of aromatic nitrogens is 4. The van der Waals surface area contributed by atoms with Crippen LogP contribution >= 0.6 is 23.3 Å². The van der Waals surface area contributed by atoms with Crippen LogP contribution in [0.4, 0.5) is 5.82 Å². The van der Waals surface area contributed by atoms with Gasteiger partial charge < -0.3 is 5.43 Å². The van der Waals surface area contributed by atoms with Gasteiger partial charge in [0.1, 0.15) is 22.5 Å². The minimum atomic E-state index is 0.489. The molecule has 1 aliphatic carbocycles. The Bertz CT molecular complexity index is 622. The summed E-state index contributed by atoms with van der Waals surface area (Å²) in [6.45, 7) is 4.02. The number of aryl methyl sites for hydroxylation is 1. The molecular weight excluding hydrogens is 292 g/mol. The number of nitrogen functional groups attached to an aromatic ring is 1. The standard InChI is InChI=1S/C12H16N6S2/c1-3-8-14-12(20-18-8)19-11-6(2)9(17-13)15-10(16-11)7-4-5-7/h7H,3-5,13H2,1-2H3,(H,15,16,17). The largest absolute Gasteiger partial charge is 0.308 e. The molecule has 0 aliphatic heterocycles. The van der Waals surface area contributed by atoms with Crippen molar-refractivity contribution >= 4 is 29.1 Å². The second-order valence-electron chi connectivity index (χ2n) is 4.71. The average Bonchev–Trinajstić information content (AvgIpc) is 3.21. The smallest absolute Gasteiger partial charge is 0.176 e. The molecule has 0 radical (unpaired) electrons. The Hall–Kier alpha value is -1.25. The molecule has 0 saturated heterocycles. The van der Waals surface area contributed by atoms with Crippen LogP contribution in [0.3, 0.4) is 0 Å². The number of nitrogens with two attached hydrogens (primary N) is 1. The molecule has 2 aromatic rings. The van der Waals surface area contributed by atoms with Crippen molar-refractivity contribution in [1.82, 2.24) is 19.3 Å². The van der Waals surface area contributed by atoms with E-state index in [0.29, 0.717) is 11.7 Å². The molecule has 0 spiro atoms. The van der Waals surface area contributed by atoms with Gasteiger partial charge in [-0.2, -0.15) is 4.37 Å². The summed E-state index contributed by atoms with van der Waals surface area (Å²) in [7, 11) is 0. The Morgan fingerprint density at radius 1 is 1.35 bits per heavy atom. The number of hydrogen-bond donors (Lipinski definition) is 2. The highest BCUT2D eigenvalue weighted by Crippen LogP contribution is 2.41. The molecule has 3 rings (SSSR count). The number of hydrazine groups is 1. The van der Waals surface area contributed by atoms with Crippen molar-refractivity contribution in [1.29, 1.82) is 0 Å². The maximum Gasteiger partial charge on any atom is 0.176 e. The Balaban J connectivity index is 1.92. The van der Waals surface area contributed by atoms with E-state index in [0.717, 1.165) is 45.8 Å². The van der Waals surface area contributed by atoms with E-state index in [1.54, 1.807) is 0 Å². The Labute approximate surface area is 125 Å². The van der Waals surface area contributed by atoms with E-state index in [1.807, 2.05) is 13.8 Å². The van der Waals surface area contributed by atoms with Gasteiger partial charge in [0.2, 0.25) is 0 Å². The monoisotopic (exact) mass is 308 g/mol. The van der Waals surface area contributed by atoms with Gasteiger partial charge in [0.15, 0.2) is 4.34 Å². The molecule has 0 amide bonds. The second-order valence-corrected chi connectivity index (χ2v) is 6.70. The van der Waals surface area contributed by atoms with E-state index in [-0.39, 0.29) is 0 Å². The van der Waals surface area contributed by atoms with E-state index in [4.69, 9.17) is 5.84 Å². The number of anilines is 1. The van der Waals surface area contributed by atoms with Gasteiger partial charge in [-0.3, -0.25) is 0 Å². The highest BCUT2D eigenvalue weighted by Gasteiger charge is 2.28. The summed E-state index contributed by atoms with van der Waals surface area (Å²) in [5.41, 5.74) is 3.62. The summed E-state index contributed by atoms with van der Waals surface area (Å²) < 4.78 is 5.21. The Kier molecular flexibility index (Phi) is 3.86. The zero-order chi connectivity index (χ0) is 14.1. The number of rotatable bonds is 5. The van der Waals surface area contributed by atoms with Gasteiger partial charge in [0, 0.05) is 17.9 Å². The van der Waals surface area contributed by atoms with Gasteiger partial charge >= 0.3 is 0 Å². The Morgan fingerprint density at radius 3 is 2.75 bits per heavy atom. The summed E-state index contributed by atoms with van der Waals surface area (Å²) >= 11 is 2.95. The summed E-state index contributed by atoms with van der Waals surface area (Å²) in [5, 5.41) is 0.911. The minimum Gasteiger partial charge on any atom is -0.308 e. The average molecular weight is 308 g/mol. The third kappa shape index (κ3) is 2.77. The molecule has 1 aliphatic rings. The molecule has 3 N–H and O–H groups in total. The predicted molar refractivity (Wildman–Crippen MR) is 80.0 cm³/mol. The van der Waals surface area contributed by atoms with Gasteiger partial charge in [-0.15, -0.1) is 0 Å². The summed E-state index contributed by atoms with van der Waals surface area (Å²) in [5.74, 6) is 8.50. The molecule has 0 atom stereocenters. The molecule has 2 aromatic heterocycles. The van der Waals surface area contributed by atoms with Crippen molar-refractivity contribution in [2.75, 3.05) is 5.43 Å². The molecule has 6 nitrogen and oxygen atoms in total. The molecule has 106 valence electrons. The van der Waals surface area contributed by atoms with Crippen molar-refractivity contribution in [3.63, 3.8) is 0 Å². The molecule has 0 aromatic carbocycles. The molecule has 1 fully saturated rings. The van der Waals surface area contributed by atoms with Crippen LogP contribution in [-0.4, -0.2) is 19.3 Å². The fourth-order valence-electron chi connectivity index (χ4n) is 1.78.